The van der Waals surface area contributed by atoms with Crippen molar-refractivity contribution >= 4 is 44.3 Å². The van der Waals surface area contributed by atoms with E-state index in [4.69, 9.17) is 13.7 Å². The molecule has 11 heteroatoms. The molecule has 0 aliphatic carbocycles. The second-order valence-electron chi connectivity index (χ2n) is 10.7. The molecule has 1 N–H and O–H groups in total. The Morgan fingerprint density at radius 3 is 2.30 bits per heavy atom. The molecule has 0 unspecified atom stereocenters. The lowest BCUT2D eigenvalue weighted by molar-refractivity contribution is 0.102. The Hall–Kier alpha value is -3.83. The molecule has 0 spiro atoms. The van der Waals surface area contributed by atoms with Gasteiger partial charge < -0.3 is 23.9 Å². The van der Waals surface area contributed by atoms with E-state index in [0.29, 0.717) is 41.4 Å². The minimum Gasteiger partial charge on any atom is -0.497 e. The molecule has 2 heterocycles. The molecule has 1 amide bonds. The number of benzene rings is 2. The summed E-state index contributed by atoms with van der Waals surface area (Å²) < 4.78 is 19.2. The van der Waals surface area contributed by atoms with Gasteiger partial charge in [-0.2, -0.15) is 5.10 Å². The number of ether oxygens (including phenoxy) is 2. The van der Waals surface area contributed by atoms with Crippen LogP contribution < -0.4 is 19.7 Å². The molecule has 10 nitrogen and oxygen atoms in total. The maximum Gasteiger partial charge on any atom is 0.275 e. The van der Waals surface area contributed by atoms with Crippen LogP contribution in [0.2, 0.25) is 0 Å². The standard InChI is InChI=1S/C29H38N6O4S/c1-29(2,3)40(7,8)39-12-11-35(22-13-23(37-5)16-24(14-22)38-6)21-9-10-25-26(15-21)33-27(18-30-25)28(36)32-20-17-31-34(4)19-20/h9-10,13-19H,11-12H2,1-8H3,(H,32,36). The predicted octanol–water partition coefficient (Wildman–Crippen LogP) is 5.57. The third-order valence-corrected chi connectivity index (χ3v) is 10.6. The predicted molar refractivity (Wildman–Crippen MR) is 162 cm³/mol. The maximum absolute atomic E-state index is 12.9. The molecule has 0 saturated heterocycles. The van der Waals surface area contributed by atoms with Crippen LogP contribution in [0.4, 0.5) is 17.1 Å². The molecule has 4 aromatic rings. The van der Waals surface area contributed by atoms with Gasteiger partial charge in [0.05, 0.1) is 49.9 Å². The smallest absolute Gasteiger partial charge is 0.275 e. The van der Waals surface area contributed by atoms with Gasteiger partial charge in [-0.15, -0.1) is 10.3 Å². The number of aryl methyl sites for hydroxylation is 1. The first-order valence-corrected chi connectivity index (χ1v) is 15.2. The van der Waals surface area contributed by atoms with Gasteiger partial charge in [0, 0.05) is 54.1 Å². The van der Waals surface area contributed by atoms with E-state index in [-0.39, 0.29) is 16.3 Å². The van der Waals surface area contributed by atoms with Gasteiger partial charge in [0.25, 0.3) is 5.91 Å². The van der Waals surface area contributed by atoms with Crippen LogP contribution in [0.15, 0.2) is 55.0 Å². The molecule has 2 aromatic heterocycles. The summed E-state index contributed by atoms with van der Waals surface area (Å²) in [4.78, 5) is 24.1. The molecular weight excluding hydrogens is 528 g/mol. The Labute approximate surface area is 237 Å². The number of anilines is 3. The van der Waals surface area contributed by atoms with Gasteiger partial charge in [0.15, 0.2) is 0 Å². The number of rotatable bonds is 10. The van der Waals surface area contributed by atoms with Gasteiger partial charge in [0.1, 0.15) is 17.2 Å². The van der Waals surface area contributed by atoms with Crippen molar-refractivity contribution in [1.29, 1.82) is 0 Å². The average molecular weight is 567 g/mol. The Morgan fingerprint density at radius 2 is 1.70 bits per heavy atom. The number of carbonyl (C=O) groups is 1. The summed E-state index contributed by atoms with van der Waals surface area (Å²) in [5.74, 6) is 0.995. The van der Waals surface area contributed by atoms with Crippen LogP contribution in [-0.2, 0) is 11.2 Å². The van der Waals surface area contributed by atoms with E-state index in [9.17, 15) is 4.79 Å². The number of methoxy groups -OCH3 is 2. The van der Waals surface area contributed by atoms with Crippen LogP contribution in [0, 0.1) is 0 Å². The van der Waals surface area contributed by atoms with Crippen LogP contribution in [-0.4, -0.2) is 70.3 Å². The first-order chi connectivity index (χ1) is 18.9. The summed E-state index contributed by atoms with van der Waals surface area (Å²) in [6.45, 7) is 7.70. The largest absolute Gasteiger partial charge is 0.497 e. The number of carbonyl (C=O) groups excluding carboxylic acids is 1. The lowest BCUT2D eigenvalue weighted by Gasteiger charge is -2.44. The van der Waals surface area contributed by atoms with Crippen LogP contribution in [0.25, 0.3) is 11.0 Å². The third-order valence-electron chi connectivity index (χ3n) is 6.85. The molecule has 0 bridgehead atoms. The topological polar surface area (TPSA) is 104 Å². The summed E-state index contributed by atoms with van der Waals surface area (Å²) in [5.41, 5.74) is 3.82. The lowest BCUT2D eigenvalue weighted by atomic mass is 10.2. The number of amides is 1. The van der Waals surface area contributed by atoms with Crippen molar-refractivity contribution in [3.05, 3.63) is 60.7 Å². The number of hydrogen-bond donors (Lipinski definition) is 1. The highest BCUT2D eigenvalue weighted by Crippen LogP contribution is 2.53. The van der Waals surface area contributed by atoms with Crippen molar-refractivity contribution in [3.8, 4) is 11.5 Å². The van der Waals surface area contributed by atoms with E-state index >= 15 is 0 Å². The third kappa shape index (κ3) is 6.65. The van der Waals surface area contributed by atoms with E-state index in [0.717, 1.165) is 11.4 Å². The first-order valence-electron chi connectivity index (χ1n) is 12.8. The van der Waals surface area contributed by atoms with E-state index in [2.05, 4.69) is 58.6 Å². The molecule has 214 valence electrons. The molecule has 0 atom stereocenters. The highest BCUT2D eigenvalue weighted by Gasteiger charge is 2.29. The number of aromatic nitrogens is 4. The molecule has 4 rings (SSSR count). The summed E-state index contributed by atoms with van der Waals surface area (Å²) in [7, 11) is 3.74. The van der Waals surface area contributed by atoms with Gasteiger partial charge in [-0.3, -0.25) is 14.5 Å². The van der Waals surface area contributed by atoms with Gasteiger partial charge in [-0.1, -0.05) is 20.8 Å². The van der Waals surface area contributed by atoms with Crippen LogP contribution >= 0.6 is 10.3 Å². The monoisotopic (exact) mass is 566 g/mol. The second kappa shape index (κ2) is 11.7. The average Bonchev–Trinajstić information content (AvgIpc) is 3.33. The summed E-state index contributed by atoms with van der Waals surface area (Å²) in [6.07, 6.45) is 9.15. The molecule has 0 aliphatic rings. The normalized spacial score (nSPS) is 12.3. The van der Waals surface area contributed by atoms with Gasteiger partial charge >= 0.3 is 0 Å². The summed E-state index contributed by atoms with van der Waals surface area (Å²) in [5, 5.41) is 6.89. The van der Waals surface area contributed by atoms with Gasteiger partial charge in [0.2, 0.25) is 0 Å². The molecule has 0 fully saturated rings. The first kappa shape index (κ1) is 29.2. The highest BCUT2D eigenvalue weighted by molar-refractivity contribution is 8.29. The molecule has 0 aliphatic heterocycles. The quantitative estimate of drug-likeness (QED) is 0.266. The zero-order valence-corrected chi connectivity index (χ0v) is 25.2. The molecular formula is C29H38N6O4S. The van der Waals surface area contributed by atoms with E-state index in [1.165, 1.54) is 6.20 Å². The number of hydrogen-bond acceptors (Lipinski definition) is 8. The number of nitrogens with zero attached hydrogens (tertiary/aromatic N) is 5. The van der Waals surface area contributed by atoms with Crippen molar-refractivity contribution in [2.75, 3.05) is 50.1 Å². The number of nitrogens with one attached hydrogen (secondary N) is 1. The zero-order chi connectivity index (χ0) is 29.1. The summed E-state index contributed by atoms with van der Waals surface area (Å²) >= 11 is 0. The van der Waals surface area contributed by atoms with Crippen molar-refractivity contribution in [1.82, 2.24) is 19.7 Å². The Morgan fingerprint density at radius 1 is 1.00 bits per heavy atom. The maximum atomic E-state index is 12.9. The molecule has 40 heavy (non-hydrogen) atoms. The highest BCUT2D eigenvalue weighted by atomic mass is 32.3. The van der Waals surface area contributed by atoms with Crippen LogP contribution in [0.5, 0.6) is 11.5 Å². The van der Waals surface area contributed by atoms with Crippen molar-refractivity contribution < 1.29 is 18.5 Å². The Kier molecular flexibility index (Phi) is 8.55. The fourth-order valence-corrected chi connectivity index (χ4v) is 4.67. The second-order valence-corrected chi connectivity index (χ2v) is 14.6. The lowest BCUT2D eigenvalue weighted by Crippen LogP contribution is -2.29. The minimum atomic E-state index is -1.31. The van der Waals surface area contributed by atoms with Crippen LogP contribution in [0.3, 0.4) is 0 Å². The fraction of sp³-hybridized carbons (Fsp3) is 0.379. The minimum absolute atomic E-state index is 0.0440. The van der Waals surface area contributed by atoms with Crippen molar-refractivity contribution in [2.45, 2.75) is 25.5 Å². The van der Waals surface area contributed by atoms with Gasteiger partial charge in [-0.25, -0.2) is 4.98 Å². The molecule has 0 saturated carbocycles. The molecule has 0 radical (unpaired) electrons. The number of fused-ring (bicyclic) bond motifs is 1. The van der Waals surface area contributed by atoms with Crippen LogP contribution in [0.1, 0.15) is 31.3 Å². The molecule has 2 aromatic carbocycles. The zero-order valence-electron chi connectivity index (χ0n) is 24.4. The fourth-order valence-electron chi connectivity index (χ4n) is 3.83. The van der Waals surface area contributed by atoms with Gasteiger partial charge in [-0.05, 0) is 30.7 Å². The SMILES string of the molecule is COc1cc(OC)cc(N(CCOS(C)(C)C(C)(C)C)c2ccc3ncc(C(=O)Nc4cnn(C)c4)nc3c2)c1. The van der Waals surface area contributed by atoms with Crippen molar-refractivity contribution in [3.63, 3.8) is 0 Å². The Bertz CT molecular complexity index is 1480. The summed E-state index contributed by atoms with van der Waals surface area (Å²) in [6, 6.07) is 11.6. The van der Waals surface area contributed by atoms with E-state index < -0.39 is 10.3 Å². The van der Waals surface area contributed by atoms with E-state index in [1.54, 1.807) is 38.3 Å². The van der Waals surface area contributed by atoms with E-state index in [1.807, 2.05) is 36.4 Å². The Balaban J connectivity index is 1.69. The van der Waals surface area contributed by atoms with Crippen molar-refractivity contribution in [2.24, 2.45) is 7.05 Å².